The highest BCUT2D eigenvalue weighted by Gasteiger charge is 2.74. The van der Waals surface area contributed by atoms with Crippen LogP contribution < -0.4 is 0 Å². The molecule has 4 rings (SSSR count). The summed E-state index contributed by atoms with van der Waals surface area (Å²) in [6, 6.07) is 0. The van der Waals surface area contributed by atoms with Crippen LogP contribution in [-0.2, 0) is 19.1 Å². The minimum absolute atomic E-state index is 0.00273. The van der Waals surface area contributed by atoms with E-state index in [0.717, 1.165) is 12.0 Å². The molecule has 4 aliphatic rings. The average molecular weight is 523 g/mol. The van der Waals surface area contributed by atoms with E-state index in [4.69, 9.17) is 4.74 Å². The van der Waals surface area contributed by atoms with Gasteiger partial charge in [-0.15, -0.1) is 0 Å². The molecule has 2 N–H and O–H groups in total. The molecule has 0 unspecified atom stereocenters. The third-order valence-electron chi connectivity index (χ3n) is 9.42. The van der Waals surface area contributed by atoms with Crippen molar-refractivity contribution in [2.45, 2.75) is 82.2 Å². The molecule has 0 radical (unpaired) electrons. The molecule has 0 bridgehead atoms. The van der Waals surface area contributed by atoms with E-state index in [1.807, 2.05) is 19.9 Å². The van der Waals surface area contributed by atoms with E-state index in [1.54, 1.807) is 12.2 Å². The number of halogens is 1. The van der Waals surface area contributed by atoms with E-state index < -0.39 is 45.2 Å². The minimum Gasteiger partial charge on any atom is -0.450 e. The second kappa shape index (κ2) is 8.13. The van der Waals surface area contributed by atoms with Gasteiger partial charge in [-0.1, -0.05) is 55.3 Å². The third-order valence-corrected chi connectivity index (χ3v) is 11.4. The van der Waals surface area contributed by atoms with Crippen LogP contribution in [0.2, 0.25) is 0 Å². The quantitative estimate of drug-likeness (QED) is 0.421. The molecule has 4 aliphatic carbocycles. The Balaban J connectivity index is 1.82. The Hall–Kier alpha value is -1.31. The zero-order valence-electron chi connectivity index (χ0n) is 19.9. The van der Waals surface area contributed by atoms with Crippen molar-refractivity contribution in [1.29, 1.82) is 0 Å². The van der Waals surface area contributed by atoms with Gasteiger partial charge in [-0.3, -0.25) is 14.4 Å². The van der Waals surface area contributed by atoms with Crippen LogP contribution >= 0.6 is 15.9 Å². The molecule has 33 heavy (non-hydrogen) atoms. The highest BCUT2D eigenvalue weighted by Crippen LogP contribution is 2.72. The molecule has 0 aromatic carbocycles. The molecule has 0 saturated heterocycles. The summed E-state index contributed by atoms with van der Waals surface area (Å²) in [5, 5.41) is 21.6. The number of alkyl halides is 1. The number of aliphatic hydroxyl groups is 2. The van der Waals surface area contributed by atoms with Gasteiger partial charge in [0.2, 0.25) is 5.78 Å². The Bertz CT molecular complexity index is 941. The summed E-state index contributed by atoms with van der Waals surface area (Å²) in [5.74, 6) is -0.841. The van der Waals surface area contributed by atoms with Crippen molar-refractivity contribution in [3.63, 3.8) is 0 Å². The molecule has 0 spiro atoms. The summed E-state index contributed by atoms with van der Waals surface area (Å²) in [5.41, 5.74) is -1.78. The van der Waals surface area contributed by atoms with Crippen LogP contribution in [0.15, 0.2) is 23.8 Å². The lowest BCUT2D eigenvalue weighted by molar-refractivity contribution is -0.197. The predicted molar refractivity (Wildman–Crippen MR) is 127 cm³/mol. The number of rotatable bonds is 5. The van der Waals surface area contributed by atoms with Gasteiger partial charge in [0.05, 0.1) is 10.4 Å². The number of ketones is 2. The molecule has 0 amide bonds. The summed E-state index contributed by atoms with van der Waals surface area (Å²) in [4.78, 5) is 38.0. The van der Waals surface area contributed by atoms with Gasteiger partial charge < -0.3 is 14.9 Å². The largest absolute Gasteiger partial charge is 0.450 e. The first kappa shape index (κ1) is 24.8. The third kappa shape index (κ3) is 3.14. The molecular weight excluding hydrogens is 488 g/mol. The van der Waals surface area contributed by atoms with Crippen molar-refractivity contribution in [2.75, 3.05) is 6.61 Å². The van der Waals surface area contributed by atoms with Crippen LogP contribution in [0.4, 0.5) is 0 Å². The van der Waals surface area contributed by atoms with Crippen LogP contribution in [0.5, 0.6) is 0 Å². The van der Waals surface area contributed by atoms with E-state index in [0.29, 0.717) is 19.3 Å². The maximum Gasteiger partial charge on any atom is 0.306 e. The number of fused-ring (bicyclic) bond motifs is 5. The van der Waals surface area contributed by atoms with Crippen LogP contribution in [0.1, 0.15) is 66.2 Å². The number of allylic oxidation sites excluding steroid dienone is 4. The van der Waals surface area contributed by atoms with Crippen LogP contribution in [0.3, 0.4) is 0 Å². The van der Waals surface area contributed by atoms with Gasteiger partial charge in [0, 0.05) is 17.3 Å². The number of hydrogen-bond donors (Lipinski definition) is 2. The van der Waals surface area contributed by atoms with Gasteiger partial charge in [0.15, 0.2) is 11.4 Å². The standard InChI is InChI=1S/C26H35BrO6/c1-5-6-22(32)33-25(21(31)14-28)10-8-17-19-11-15(2)18-12-16(29)7-9-23(18,3)26(19,27)20(30)13-24(17,25)4/h7,9,12,15,17,19-20,28,30H,5-6,8,10-11,13-14H2,1-4H3/t15-,17-,19-,20-,23-,24-,25-,26-/m0/s1. The number of ether oxygens (including phenoxy) is 1. The molecule has 8 atom stereocenters. The maximum absolute atomic E-state index is 13.2. The van der Waals surface area contributed by atoms with Crippen molar-refractivity contribution in [3.05, 3.63) is 23.8 Å². The molecule has 0 aliphatic heterocycles. The fourth-order valence-electron chi connectivity index (χ4n) is 7.85. The molecule has 3 saturated carbocycles. The highest BCUT2D eigenvalue weighted by molar-refractivity contribution is 9.10. The lowest BCUT2D eigenvalue weighted by Gasteiger charge is -2.65. The minimum atomic E-state index is -1.44. The number of hydrogen-bond acceptors (Lipinski definition) is 6. The summed E-state index contributed by atoms with van der Waals surface area (Å²) >= 11 is 4.02. The summed E-state index contributed by atoms with van der Waals surface area (Å²) in [6.45, 7) is 7.32. The predicted octanol–water partition coefficient (Wildman–Crippen LogP) is 3.67. The number of carbonyl (C=O) groups excluding carboxylic acids is 3. The average Bonchev–Trinajstić information content (AvgIpc) is 3.04. The zero-order chi connectivity index (χ0) is 24.4. The molecule has 0 aromatic rings. The fraction of sp³-hybridized carbons (Fsp3) is 0.731. The normalized spacial score (nSPS) is 46.2. The number of esters is 1. The Morgan fingerprint density at radius 3 is 2.61 bits per heavy atom. The van der Waals surface area contributed by atoms with E-state index >= 15 is 0 Å². The first-order chi connectivity index (χ1) is 15.4. The van der Waals surface area contributed by atoms with Crippen molar-refractivity contribution >= 4 is 33.5 Å². The smallest absolute Gasteiger partial charge is 0.306 e. The van der Waals surface area contributed by atoms with E-state index in [-0.39, 0.29) is 36.4 Å². The summed E-state index contributed by atoms with van der Waals surface area (Å²) < 4.78 is 5.24. The first-order valence-corrected chi connectivity index (χ1v) is 12.9. The fourth-order valence-corrected chi connectivity index (χ4v) is 8.88. The summed E-state index contributed by atoms with van der Waals surface area (Å²) in [7, 11) is 0. The second-order valence-corrected chi connectivity index (χ2v) is 12.3. The van der Waals surface area contributed by atoms with Gasteiger partial charge in [0.1, 0.15) is 6.61 Å². The molecule has 6 nitrogen and oxygen atoms in total. The molecule has 3 fully saturated rings. The molecule has 7 heteroatoms. The lowest BCUT2D eigenvalue weighted by Crippen LogP contribution is -2.69. The number of aliphatic hydroxyl groups excluding tert-OH is 2. The molecular formula is C26H35BrO6. The zero-order valence-corrected chi connectivity index (χ0v) is 21.5. The number of Topliss-reactive ketones (excluding diaryl/α,β-unsaturated/α-hetero) is 1. The van der Waals surface area contributed by atoms with Crippen LogP contribution in [-0.4, -0.2) is 50.4 Å². The molecule has 182 valence electrons. The summed E-state index contributed by atoms with van der Waals surface area (Å²) in [6.07, 6.45) is 7.20. The Labute approximate surface area is 204 Å². The van der Waals surface area contributed by atoms with Crippen LogP contribution in [0, 0.1) is 28.6 Å². The highest BCUT2D eigenvalue weighted by atomic mass is 79.9. The lowest BCUT2D eigenvalue weighted by atomic mass is 9.44. The Morgan fingerprint density at radius 1 is 1.27 bits per heavy atom. The SMILES string of the molecule is CCCC(=O)O[C@]1(C(=O)CO)CC[C@H]2[C@@H]3C[C@H](C)C4=CC(=O)C=C[C@]4(C)[C@@]3(Br)[C@@H](O)C[C@@]21C. The molecule has 0 heterocycles. The van der Waals surface area contributed by atoms with Crippen LogP contribution in [0.25, 0.3) is 0 Å². The second-order valence-electron chi connectivity index (χ2n) is 11.0. The van der Waals surface area contributed by atoms with Crippen molar-refractivity contribution in [2.24, 2.45) is 28.6 Å². The van der Waals surface area contributed by atoms with Gasteiger partial charge in [-0.05, 0) is 62.0 Å². The number of carbonyl (C=O) groups is 3. The van der Waals surface area contributed by atoms with Gasteiger partial charge in [0.25, 0.3) is 0 Å². The van der Waals surface area contributed by atoms with Gasteiger partial charge in [-0.2, -0.15) is 0 Å². The Kier molecular flexibility index (Phi) is 6.11. The molecule has 0 aromatic heterocycles. The van der Waals surface area contributed by atoms with Gasteiger partial charge >= 0.3 is 5.97 Å². The Morgan fingerprint density at radius 2 is 1.97 bits per heavy atom. The van der Waals surface area contributed by atoms with E-state index in [1.165, 1.54) is 0 Å². The van der Waals surface area contributed by atoms with Crippen molar-refractivity contribution in [1.82, 2.24) is 0 Å². The maximum atomic E-state index is 13.2. The van der Waals surface area contributed by atoms with Crippen molar-refractivity contribution in [3.8, 4) is 0 Å². The van der Waals surface area contributed by atoms with E-state index in [9.17, 15) is 24.6 Å². The first-order valence-electron chi connectivity index (χ1n) is 12.1. The van der Waals surface area contributed by atoms with Gasteiger partial charge in [-0.25, -0.2) is 0 Å². The van der Waals surface area contributed by atoms with Crippen molar-refractivity contribution < 1.29 is 29.3 Å². The topological polar surface area (TPSA) is 101 Å². The van der Waals surface area contributed by atoms with E-state index in [2.05, 4.69) is 29.8 Å². The monoisotopic (exact) mass is 522 g/mol.